The van der Waals surface area contributed by atoms with Crippen molar-refractivity contribution in [1.82, 2.24) is 14.8 Å². The quantitative estimate of drug-likeness (QED) is 0.859. The van der Waals surface area contributed by atoms with Gasteiger partial charge in [-0.15, -0.1) is 0 Å². The van der Waals surface area contributed by atoms with E-state index in [4.69, 9.17) is 4.74 Å². The number of hydrogen-bond donors (Lipinski definition) is 0. The van der Waals surface area contributed by atoms with Crippen LogP contribution in [-0.4, -0.2) is 54.0 Å². The van der Waals surface area contributed by atoms with E-state index < -0.39 is 0 Å². The molecule has 0 bridgehead atoms. The number of ether oxygens (including phenoxy) is 1. The molecule has 2 heterocycles. The molecule has 0 atom stereocenters. The van der Waals surface area contributed by atoms with Crippen LogP contribution in [0.3, 0.4) is 0 Å². The van der Waals surface area contributed by atoms with E-state index in [2.05, 4.69) is 22.0 Å². The molecule has 0 aliphatic carbocycles. The topological polar surface area (TPSA) is 45.7 Å². The lowest BCUT2D eigenvalue weighted by Crippen LogP contribution is -2.35. The third kappa shape index (κ3) is 4.57. The van der Waals surface area contributed by atoms with E-state index in [9.17, 15) is 4.79 Å². The van der Waals surface area contributed by atoms with Gasteiger partial charge in [-0.05, 0) is 43.2 Å². The summed E-state index contributed by atoms with van der Waals surface area (Å²) in [6.07, 6.45) is 2.67. The van der Waals surface area contributed by atoms with Crippen LogP contribution >= 0.6 is 0 Å². The van der Waals surface area contributed by atoms with Crippen LogP contribution in [-0.2, 0) is 6.54 Å². The molecule has 0 saturated carbocycles. The Morgan fingerprint density at radius 1 is 1.08 bits per heavy atom. The van der Waals surface area contributed by atoms with Crippen molar-refractivity contribution < 1.29 is 9.53 Å². The van der Waals surface area contributed by atoms with Gasteiger partial charge in [0.2, 0.25) is 0 Å². The molecule has 1 aliphatic rings. The van der Waals surface area contributed by atoms with Crippen LogP contribution in [0, 0.1) is 6.92 Å². The minimum Gasteiger partial charge on any atom is -0.497 e. The zero-order valence-electron chi connectivity index (χ0n) is 14.9. The predicted molar refractivity (Wildman–Crippen MR) is 97.8 cm³/mol. The van der Waals surface area contributed by atoms with Gasteiger partial charge in [-0.3, -0.25) is 14.7 Å². The summed E-state index contributed by atoms with van der Waals surface area (Å²) in [6.45, 7) is 6.27. The third-order valence-corrected chi connectivity index (χ3v) is 4.60. The summed E-state index contributed by atoms with van der Waals surface area (Å²) in [6, 6.07) is 11.9. The van der Waals surface area contributed by atoms with Gasteiger partial charge in [-0.25, -0.2) is 0 Å². The minimum absolute atomic E-state index is 0.0822. The molecule has 0 radical (unpaired) electrons. The number of carbonyl (C=O) groups excluding carboxylic acids is 1. The van der Waals surface area contributed by atoms with Crippen molar-refractivity contribution in [3.8, 4) is 5.75 Å². The molecule has 1 aliphatic heterocycles. The summed E-state index contributed by atoms with van der Waals surface area (Å²) in [5.41, 5.74) is 2.87. The summed E-state index contributed by atoms with van der Waals surface area (Å²) in [7, 11) is 1.68. The average molecular weight is 339 g/mol. The van der Waals surface area contributed by atoms with Gasteiger partial charge in [0.1, 0.15) is 5.75 Å². The Morgan fingerprint density at radius 3 is 2.56 bits per heavy atom. The normalized spacial score (nSPS) is 15.7. The first-order chi connectivity index (χ1) is 12.2. The van der Waals surface area contributed by atoms with Crippen LogP contribution in [0.5, 0.6) is 5.75 Å². The van der Waals surface area contributed by atoms with Crippen molar-refractivity contribution in [3.05, 3.63) is 59.4 Å². The van der Waals surface area contributed by atoms with Crippen LogP contribution in [0.15, 0.2) is 42.6 Å². The first-order valence-electron chi connectivity index (χ1n) is 8.73. The van der Waals surface area contributed by atoms with Gasteiger partial charge < -0.3 is 9.64 Å². The molecule has 25 heavy (non-hydrogen) atoms. The van der Waals surface area contributed by atoms with Crippen molar-refractivity contribution in [2.75, 3.05) is 33.3 Å². The van der Waals surface area contributed by atoms with Crippen molar-refractivity contribution in [3.63, 3.8) is 0 Å². The van der Waals surface area contributed by atoms with E-state index in [-0.39, 0.29) is 5.91 Å². The number of aryl methyl sites for hydroxylation is 1. The second-order valence-electron chi connectivity index (χ2n) is 6.46. The smallest absolute Gasteiger partial charge is 0.255 e. The van der Waals surface area contributed by atoms with Crippen molar-refractivity contribution in [1.29, 1.82) is 0 Å². The molecule has 1 amide bonds. The zero-order chi connectivity index (χ0) is 17.6. The first kappa shape index (κ1) is 17.4. The largest absolute Gasteiger partial charge is 0.497 e. The average Bonchev–Trinajstić information content (AvgIpc) is 2.88. The molecule has 3 rings (SSSR count). The number of carbonyl (C=O) groups is 1. The Labute approximate surface area is 149 Å². The van der Waals surface area contributed by atoms with Crippen LogP contribution in [0.1, 0.15) is 28.0 Å². The SMILES string of the molecule is COc1ccc(CN2CCCN(C(=O)c3ccc(C)nc3)CC2)cc1. The molecule has 0 spiro atoms. The molecule has 1 fully saturated rings. The number of amides is 1. The van der Waals surface area contributed by atoms with E-state index in [1.165, 1.54) is 5.56 Å². The van der Waals surface area contributed by atoms with Gasteiger partial charge in [-0.1, -0.05) is 12.1 Å². The fraction of sp³-hybridized carbons (Fsp3) is 0.400. The van der Waals surface area contributed by atoms with Crippen molar-refractivity contribution in [2.45, 2.75) is 19.9 Å². The second kappa shape index (κ2) is 8.12. The monoisotopic (exact) mass is 339 g/mol. The lowest BCUT2D eigenvalue weighted by molar-refractivity contribution is 0.0760. The molecule has 5 nitrogen and oxygen atoms in total. The Kier molecular flexibility index (Phi) is 5.66. The maximum Gasteiger partial charge on any atom is 0.255 e. The summed E-state index contributed by atoms with van der Waals surface area (Å²) in [5, 5.41) is 0. The fourth-order valence-corrected chi connectivity index (χ4v) is 3.10. The summed E-state index contributed by atoms with van der Waals surface area (Å²) < 4.78 is 5.21. The van der Waals surface area contributed by atoms with Crippen LogP contribution in [0.25, 0.3) is 0 Å². The van der Waals surface area contributed by atoms with Gasteiger partial charge in [0, 0.05) is 44.6 Å². The number of benzene rings is 1. The number of hydrogen-bond acceptors (Lipinski definition) is 4. The number of rotatable bonds is 4. The maximum atomic E-state index is 12.7. The Balaban J connectivity index is 1.57. The molecule has 132 valence electrons. The maximum absolute atomic E-state index is 12.7. The number of pyridine rings is 1. The lowest BCUT2D eigenvalue weighted by Gasteiger charge is -2.22. The van der Waals surface area contributed by atoms with Gasteiger partial charge in [-0.2, -0.15) is 0 Å². The molecule has 1 aromatic heterocycles. The van der Waals surface area contributed by atoms with E-state index in [0.717, 1.165) is 50.6 Å². The second-order valence-corrected chi connectivity index (χ2v) is 6.46. The Bertz CT molecular complexity index is 698. The summed E-state index contributed by atoms with van der Waals surface area (Å²) >= 11 is 0. The number of aromatic nitrogens is 1. The molecular formula is C20H25N3O2. The summed E-state index contributed by atoms with van der Waals surface area (Å²) in [4.78, 5) is 21.2. The molecule has 2 aromatic rings. The molecule has 1 aromatic carbocycles. The fourth-order valence-electron chi connectivity index (χ4n) is 3.10. The van der Waals surface area contributed by atoms with Gasteiger partial charge in [0.25, 0.3) is 5.91 Å². The number of nitrogens with zero attached hydrogens (tertiary/aromatic N) is 3. The highest BCUT2D eigenvalue weighted by Crippen LogP contribution is 2.15. The molecular weight excluding hydrogens is 314 g/mol. The van der Waals surface area contributed by atoms with E-state index in [1.54, 1.807) is 13.3 Å². The van der Waals surface area contributed by atoms with Crippen molar-refractivity contribution in [2.24, 2.45) is 0 Å². The Morgan fingerprint density at radius 2 is 1.88 bits per heavy atom. The molecule has 0 unspecified atom stereocenters. The Hall–Kier alpha value is -2.40. The van der Waals surface area contributed by atoms with Crippen LogP contribution in [0.4, 0.5) is 0 Å². The highest BCUT2D eigenvalue weighted by atomic mass is 16.5. The van der Waals surface area contributed by atoms with Gasteiger partial charge >= 0.3 is 0 Å². The molecule has 5 heteroatoms. The first-order valence-corrected chi connectivity index (χ1v) is 8.73. The minimum atomic E-state index is 0.0822. The lowest BCUT2D eigenvalue weighted by atomic mass is 10.2. The van der Waals surface area contributed by atoms with E-state index >= 15 is 0 Å². The molecule has 1 saturated heterocycles. The zero-order valence-corrected chi connectivity index (χ0v) is 14.9. The standard InChI is InChI=1S/C20H25N3O2/c1-16-4-7-18(14-21-16)20(24)23-11-3-10-22(12-13-23)15-17-5-8-19(25-2)9-6-17/h4-9,14H,3,10-13,15H2,1-2H3. The molecule has 0 N–H and O–H groups in total. The highest BCUT2D eigenvalue weighted by molar-refractivity contribution is 5.93. The van der Waals surface area contributed by atoms with Gasteiger partial charge in [0.05, 0.1) is 12.7 Å². The van der Waals surface area contributed by atoms with E-state index in [0.29, 0.717) is 5.56 Å². The van der Waals surface area contributed by atoms with E-state index in [1.807, 2.05) is 36.1 Å². The number of methoxy groups -OCH3 is 1. The third-order valence-electron chi connectivity index (χ3n) is 4.60. The summed E-state index contributed by atoms with van der Waals surface area (Å²) in [5.74, 6) is 0.960. The van der Waals surface area contributed by atoms with Crippen LogP contribution < -0.4 is 4.74 Å². The van der Waals surface area contributed by atoms with Crippen molar-refractivity contribution >= 4 is 5.91 Å². The van der Waals surface area contributed by atoms with Gasteiger partial charge in [0.15, 0.2) is 0 Å². The predicted octanol–water partition coefficient (Wildman–Crippen LogP) is 2.75. The van der Waals surface area contributed by atoms with Crippen LogP contribution in [0.2, 0.25) is 0 Å². The highest BCUT2D eigenvalue weighted by Gasteiger charge is 2.20.